The summed E-state index contributed by atoms with van der Waals surface area (Å²) in [5.74, 6) is -1.28. The predicted octanol–water partition coefficient (Wildman–Crippen LogP) is -0.715. The summed E-state index contributed by atoms with van der Waals surface area (Å²) in [7, 11) is 0. The zero-order chi connectivity index (χ0) is 12.6. The number of nitrogens with one attached hydrogen (secondary N) is 3. The fourth-order valence-electron chi connectivity index (χ4n) is 0.879. The van der Waals surface area contributed by atoms with Gasteiger partial charge in [0.1, 0.15) is 0 Å². The number of carbonyl (C=O) groups excluding carboxylic acids is 2. The van der Waals surface area contributed by atoms with Crippen LogP contribution in [0.2, 0.25) is 0 Å². The molecule has 3 amide bonds. The number of amides is 3. The summed E-state index contributed by atoms with van der Waals surface area (Å²) < 4.78 is 0. The van der Waals surface area contributed by atoms with Crippen LogP contribution in [0, 0.1) is 0 Å². The molecule has 0 heterocycles. The van der Waals surface area contributed by atoms with Crippen LogP contribution >= 0.6 is 0 Å². The lowest BCUT2D eigenvalue weighted by Crippen LogP contribution is -2.44. The molecule has 0 aromatic rings. The van der Waals surface area contributed by atoms with E-state index in [1.54, 1.807) is 0 Å². The Hall–Kier alpha value is -1.79. The van der Waals surface area contributed by atoms with Gasteiger partial charge in [0.15, 0.2) is 0 Å². The highest BCUT2D eigenvalue weighted by atomic mass is 16.4. The van der Waals surface area contributed by atoms with E-state index in [4.69, 9.17) is 5.11 Å². The number of hydrogen-bond acceptors (Lipinski definition) is 3. The topological polar surface area (TPSA) is 108 Å². The molecule has 0 saturated heterocycles. The first-order valence-electron chi connectivity index (χ1n) is 4.94. The van der Waals surface area contributed by atoms with Crippen molar-refractivity contribution in [1.82, 2.24) is 16.0 Å². The highest BCUT2D eigenvalue weighted by Gasteiger charge is 2.06. The molecule has 7 heteroatoms. The Balaban J connectivity index is 3.57. The second-order valence-corrected chi connectivity index (χ2v) is 3.48. The number of urea groups is 1. The molecule has 0 unspecified atom stereocenters. The summed E-state index contributed by atoms with van der Waals surface area (Å²) >= 11 is 0. The zero-order valence-electron chi connectivity index (χ0n) is 9.37. The lowest BCUT2D eigenvalue weighted by Gasteiger charge is -2.09. The summed E-state index contributed by atoms with van der Waals surface area (Å²) in [5, 5.41) is 15.5. The van der Waals surface area contributed by atoms with Crippen LogP contribution in [0.25, 0.3) is 0 Å². The second-order valence-electron chi connectivity index (χ2n) is 3.48. The largest absolute Gasteiger partial charge is 0.481 e. The third-order valence-corrected chi connectivity index (χ3v) is 1.48. The molecule has 0 fully saturated rings. The molecule has 16 heavy (non-hydrogen) atoms. The van der Waals surface area contributed by atoms with Gasteiger partial charge in [0, 0.05) is 12.6 Å². The van der Waals surface area contributed by atoms with E-state index >= 15 is 0 Å². The lowest BCUT2D eigenvalue weighted by atomic mass is 10.4. The molecule has 7 nitrogen and oxygen atoms in total. The Morgan fingerprint density at radius 1 is 1.19 bits per heavy atom. The smallest absolute Gasteiger partial charge is 0.315 e. The Morgan fingerprint density at radius 2 is 1.81 bits per heavy atom. The van der Waals surface area contributed by atoms with Crippen molar-refractivity contribution in [3.05, 3.63) is 0 Å². The highest BCUT2D eigenvalue weighted by molar-refractivity contribution is 5.84. The highest BCUT2D eigenvalue weighted by Crippen LogP contribution is 1.77. The summed E-state index contributed by atoms with van der Waals surface area (Å²) in [4.78, 5) is 32.2. The first kappa shape index (κ1) is 14.2. The van der Waals surface area contributed by atoms with Crippen LogP contribution in [0.1, 0.15) is 20.3 Å². The molecule has 0 aliphatic rings. The summed E-state index contributed by atoms with van der Waals surface area (Å²) in [5.41, 5.74) is 0. The Labute approximate surface area is 93.6 Å². The monoisotopic (exact) mass is 231 g/mol. The summed E-state index contributed by atoms with van der Waals surface area (Å²) in [6.45, 7) is 3.53. The number of aliphatic carboxylic acids is 1. The van der Waals surface area contributed by atoms with Gasteiger partial charge in [-0.1, -0.05) is 0 Å². The zero-order valence-corrected chi connectivity index (χ0v) is 9.37. The van der Waals surface area contributed by atoms with Gasteiger partial charge in [-0.2, -0.15) is 0 Å². The minimum Gasteiger partial charge on any atom is -0.481 e. The molecule has 0 radical (unpaired) electrons. The molecule has 0 atom stereocenters. The number of carboxylic acid groups (broad SMARTS) is 1. The molecule has 0 aromatic carbocycles. The molecule has 0 saturated carbocycles. The molecule has 0 rings (SSSR count). The average Bonchev–Trinajstić information content (AvgIpc) is 2.13. The van der Waals surface area contributed by atoms with Crippen molar-refractivity contribution < 1.29 is 19.5 Å². The minimum atomic E-state index is -0.988. The van der Waals surface area contributed by atoms with Crippen LogP contribution in [0.4, 0.5) is 4.79 Å². The third-order valence-electron chi connectivity index (χ3n) is 1.48. The van der Waals surface area contributed by atoms with E-state index in [2.05, 4.69) is 16.0 Å². The minimum absolute atomic E-state index is 0.0179. The van der Waals surface area contributed by atoms with Gasteiger partial charge in [0.05, 0.1) is 13.0 Å². The van der Waals surface area contributed by atoms with Gasteiger partial charge < -0.3 is 21.1 Å². The van der Waals surface area contributed by atoms with Crippen LogP contribution in [0.3, 0.4) is 0 Å². The van der Waals surface area contributed by atoms with Gasteiger partial charge in [0.2, 0.25) is 5.91 Å². The molecule has 4 N–H and O–H groups in total. The molecule has 0 aliphatic heterocycles. The van der Waals surface area contributed by atoms with Gasteiger partial charge >= 0.3 is 12.0 Å². The molecule has 0 aliphatic carbocycles. The van der Waals surface area contributed by atoms with Crippen molar-refractivity contribution in [3.8, 4) is 0 Å². The van der Waals surface area contributed by atoms with E-state index in [9.17, 15) is 14.4 Å². The van der Waals surface area contributed by atoms with E-state index < -0.39 is 12.0 Å². The first-order chi connectivity index (χ1) is 7.41. The summed E-state index contributed by atoms with van der Waals surface area (Å²) in [6, 6.07) is -0.537. The normalized spacial score (nSPS) is 9.69. The van der Waals surface area contributed by atoms with E-state index in [1.807, 2.05) is 13.8 Å². The van der Waals surface area contributed by atoms with Crippen molar-refractivity contribution >= 4 is 17.9 Å². The van der Waals surface area contributed by atoms with Crippen LogP contribution in [-0.4, -0.2) is 42.1 Å². The molecule has 0 spiro atoms. The average molecular weight is 231 g/mol. The van der Waals surface area contributed by atoms with Gasteiger partial charge in [-0.3, -0.25) is 9.59 Å². The SMILES string of the molecule is CC(C)NC(=O)CNC(=O)NCCC(=O)O. The maximum atomic E-state index is 11.1. The lowest BCUT2D eigenvalue weighted by molar-refractivity contribution is -0.136. The maximum absolute atomic E-state index is 11.1. The Kier molecular flexibility index (Phi) is 6.66. The number of rotatable bonds is 6. The molecular weight excluding hydrogens is 214 g/mol. The van der Waals surface area contributed by atoms with Crippen molar-refractivity contribution in [1.29, 1.82) is 0 Å². The molecule has 0 aromatic heterocycles. The quantitative estimate of drug-likeness (QED) is 0.484. The Morgan fingerprint density at radius 3 is 2.31 bits per heavy atom. The molecule has 0 bridgehead atoms. The van der Waals surface area contributed by atoms with E-state index in [0.717, 1.165) is 0 Å². The first-order valence-corrected chi connectivity index (χ1v) is 4.94. The second kappa shape index (κ2) is 7.49. The number of carboxylic acids is 1. The predicted molar refractivity (Wildman–Crippen MR) is 56.9 cm³/mol. The molecule has 92 valence electrons. The van der Waals surface area contributed by atoms with Gasteiger partial charge in [0.25, 0.3) is 0 Å². The van der Waals surface area contributed by atoms with Crippen molar-refractivity contribution in [3.63, 3.8) is 0 Å². The van der Waals surface area contributed by atoms with Crippen molar-refractivity contribution in [2.24, 2.45) is 0 Å². The van der Waals surface area contributed by atoms with Crippen LogP contribution < -0.4 is 16.0 Å². The number of hydrogen-bond donors (Lipinski definition) is 4. The van der Waals surface area contributed by atoms with Crippen LogP contribution in [0.5, 0.6) is 0 Å². The van der Waals surface area contributed by atoms with Crippen LogP contribution in [-0.2, 0) is 9.59 Å². The summed E-state index contributed by atoms with van der Waals surface area (Å²) in [6.07, 6.45) is -0.147. The van der Waals surface area contributed by atoms with E-state index in [0.29, 0.717) is 0 Å². The van der Waals surface area contributed by atoms with Gasteiger partial charge in [-0.05, 0) is 13.8 Å². The Bertz CT molecular complexity index is 265. The van der Waals surface area contributed by atoms with Gasteiger partial charge in [-0.25, -0.2) is 4.79 Å². The maximum Gasteiger partial charge on any atom is 0.315 e. The molecular formula is C9H17N3O4. The standard InChI is InChI=1S/C9H17N3O4/c1-6(2)12-7(13)5-11-9(16)10-4-3-8(14)15/h6H,3-5H2,1-2H3,(H,12,13)(H,14,15)(H2,10,11,16). The third kappa shape index (κ3) is 8.79. The van der Waals surface area contributed by atoms with E-state index in [1.165, 1.54) is 0 Å². The van der Waals surface area contributed by atoms with Crippen LogP contribution in [0.15, 0.2) is 0 Å². The fraction of sp³-hybridized carbons (Fsp3) is 0.667. The van der Waals surface area contributed by atoms with Crippen molar-refractivity contribution in [2.45, 2.75) is 26.3 Å². The number of carbonyl (C=O) groups is 3. The van der Waals surface area contributed by atoms with Gasteiger partial charge in [-0.15, -0.1) is 0 Å². The fourth-order valence-corrected chi connectivity index (χ4v) is 0.879. The van der Waals surface area contributed by atoms with Crippen molar-refractivity contribution in [2.75, 3.05) is 13.1 Å². The van der Waals surface area contributed by atoms with E-state index in [-0.39, 0.29) is 31.5 Å².